The van der Waals surface area contributed by atoms with Gasteiger partial charge in [-0.1, -0.05) is 19.1 Å². The van der Waals surface area contributed by atoms with Crippen molar-refractivity contribution in [2.45, 2.75) is 39.7 Å². The molecule has 0 bridgehead atoms. The third-order valence-electron chi connectivity index (χ3n) is 2.52. The first kappa shape index (κ1) is 19.0. The lowest BCUT2D eigenvalue weighted by Gasteiger charge is -2.10. The van der Waals surface area contributed by atoms with Gasteiger partial charge in [-0.25, -0.2) is 0 Å². The Morgan fingerprint density at radius 3 is 2.50 bits per heavy atom. The van der Waals surface area contributed by atoms with Crippen LogP contribution in [0.15, 0.2) is 29.3 Å². The SMILES string of the molecule is CCCN=C(N)NCCc1ccc(OC(C)C)cc1.I. The highest BCUT2D eigenvalue weighted by molar-refractivity contribution is 14.0. The summed E-state index contributed by atoms with van der Waals surface area (Å²) in [6.45, 7) is 7.70. The van der Waals surface area contributed by atoms with E-state index in [0.717, 1.165) is 31.7 Å². The van der Waals surface area contributed by atoms with E-state index in [2.05, 4.69) is 29.4 Å². The minimum atomic E-state index is 0. The average molecular weight is 391 g/mol. The predicted octanol–water partition coefficient (Wildman–Crippen LogP) is 2.95. The van der Waals surface area contributed by atoms with Crippen molar-refractivity contribution in [3.8, 4) is 5.75 Å². The lowest BCUT2D eigenvalue weighted by atomic mass is 10.1. The number of nitrogens with two attached hydrogens (primary N) is 1. The van der Waals surface area contributed by atoms with Crippen LogP contribution >= 0.6 is 24.0 Å². The smallest absolute Gasteiger partial charge is 0.188 e. The molecule has 0 aliphatic rings. The summed E-state index contributed by atoms with van der Waals surface area (Å²) in [6, 6.07) is 8.17. The molecular weight excluding hydrogens is 365 g/mol. The van der Waals surface area contributed by atoms with Crippen LogP contribution in [0.3, 0.4) is 0 Å². The molecule has 0 aliphatic carbocycles. The molecule has 20 heavy (non-hydrogen) atoms. The summed E-state index contributed by atoms with van der Waals surface area (Å²) in [5.74, 6) is 1.44. The molecule has 0 heterocycles. The fourth-order valence-corrected chi connectivity index (χ4v) is 1.63. The number of halogens is 1. The summed E-state index contributed by atoms with van der Waals surface area (Å²) in [5.41, 5.74) is 6.98. The molecule has 1 rings (SSSR count). The lowest BCUT2D eigenvalue weighted by molar-refractivity contribution is 0.242. The van der Waals surface area contributed by atoms with Gasteiger partial charge in [0.15, 0.2) is 5.96 Å². The second kappa shape index (κ2) is 10.8. The van der Waals surface area contributed by atoms with E-state index in [1.54, 1.807) is 0 Å². The molecule has 3 N–H and O–H groups in total. The van der Waals surface area contributed by atoms with Crippen LogP contribution in [0, 0.1) is 0 Å². The Balaban J connectivity index is 0.00000361. The van der Waals surface area contributed by atoms with Gasteiger partial charge in [-0.2, -0.15) is 0 Å². The summed E-state index contributed by atoms with van der Waals surface area (Å²) in [6.07, 6.45) is 2.14. The molecule has 0 radical (unpaired) electrons. The summed E-state index contributed by atoms with van der Waals surface area (Å²) in [7, 11) is 0. The molecular formula is C15H26IN3O. The summed E-state index contributed by atoms with van der Waals surface area (Å²) < 4.78 is 5.60. The zero-order valence-electron chi connectivity index (χ0n) is 12.6. The van der Waals surface area contributed by atoms with Gasteiger partial charge < -0.3 is 15.8 Å². The Bertz CT molecular complexity index is 391. The Morgan fingerprint density at radius 1 is 1.30 bits per heavy atom. The number of benzene rings is 1. The molecule has 0 spiro atoms. The highest BCUT2D eigenvalue weighted by Crippen LogP contribution is 2.13. The Morgan fingerprint density at radius 2 is 1.95 bits per heavy atom. The van der Waals surface area contributed by atoms with E-state index in [9.17, 15) is 0 Å². The molecule has 0 saturated carbocycles. The van der Waals surface area contributed by atoms with Gasteiger partial charge >= 0.3 is 0 Å². The number of nitrogens with one attached hydrogen (secondary N) is 1. The quantitative estimate of drug-likeness (QED) is 0.427. The van der Waals surface area contributed by atoms with E-state index in [0.29, 0.717) is 5.96 Å². The second-order valence-corrected chi connectivity index (χ2v) is 4.75. The molecule has 0 aliphatic heterocycles. The topological polar surface area (TPSA) is 59.6 Å². The minimum Gasteiger partial charge on any atom is -0.491 e. The number of hydrogen-bond donors (Lipinski definition) is 2. The Labute approximate surface area is 139 Å². The van der Waals surface area contributed by atoms with Crippen molar-refractivity contribution >= 4 is 29.9 Å². The van der Waals surface area contributed by atoms with Crippen molar-refractivity contribution in [2.24, 2.45) is 10.7 Å². The fraction of sp³-hybridized carbons (Fsp3) is 0.533. The van der Waals surface area contributed by atoms with Gasteiger partial charge in [-0.15, -0.1) is 24.0 Å². The van der Waals surface area contributed by atoms with Gasteiger partial charge in [0, 0.05) is 13.1 Å². The summed E-state index contributed by atoms with van der Waals surface area (Å²) in [5, 5.41) is 3.11. The van der Waals surface area contributed by atoms with E-state index in [1.165, 1.54) is 5.56 Å². The number of ether oxygens (including phenoxy) is 1. The zero-order valence-corrected chi connectivity index (χ0v) is 14.9. The van der Waals surface area contributed by atoms with Crippen LogP contribution in [0.2, 0.25) is 0 Å². The highest BCUT2D eigenvalue weighted by atomic mass is 127. The van der Waals surface area contributed by atoms with Crippen LogP contribution < -0.4 is 15.8 Å². The molecule has 0 fully saturated rings. The average Bonchev–Trinajstić information content (AvgIpc) is 2.38. The first-order valence-corrected chi connectivity index (χ1v) is 6.91. The van der Waals surface area contributed by atoms with E-state index >= 15 is 0 Å². The first-order chi connectivity index (χ1) is 9.11. The maximum absolute atomic E-state index is 5.72. The Kier molecular flexibility index (Phi) is 10.2. The van der Waals surface area contributed by atoms with E-state index in [-0.39, 0.29) is 30.1 Å². The van der Waals surface area contributed by atoms with Crippen molar-refractivity contribution in [3.63, 3.8) is 0 Å². The number of aliphatic imine (C=N–C) groups is 1. The number of nitrogens with zero attached hydrogens (tertiary/aromatic N) is 1. The van der Waals surface area contributed by atoms with Gasteiger partial charge in [0.05, 0.1) is 6.10 Å². The number of guanidine groups is 1. The van der Waals surface area contributed by atoms with Gasteiger partial charge in [0.1, 0.15) is 5.75 Å². The van der Waals surface area contributed by atoms with Gasteiger partial charge in [-0.3, -0.25) is 4.99 Å². The van der Waals surface area contributed by atoms with Crippen LogP contribution in [-0.2, 0) is 6.42 Å². The van der Waals surface area contributed by atoms with Crippen LogP contribution in [0.1, 0.15) is 32.8 Å². The molecule has 0 unspecified atom stereocenters. The fourth-order valence-electron chi connectivity index (χ4n) is 1.63. The zero-order chi connectivity index (χ0) is 14.1. The van der Waals surface area contributed by atoms with Gasteiger partial charge in [-0.05, 0) is 44.4 Å². The predicted molar refractivity (Wildman–Crippen MR) is 96.1 cm³/mol. The molecule has 0 amide bonds. The van der Waals surface area contributed by atoms with Gasteiger partial charge in [0.2, 0.25) is 0 Å². The molecule has 0 aromatic heterocycles. The number of hydrogen-bond acceptors (Lipinski definition) is 2. The third-order valence-corrected chi connectivity index (χ3v) is 2.52. The van der Waals surface area contributed by atoms with Crippen molar-refractivity contribution < 1.29 is 4.74 Å². The molecule has 1 aromatic rings. The molecule has 0 saturated heterocycles. The number of rotatable bonds is 7. The summed E-state index contributed by atoms with van der Waals surface area (Å²) in [4.78, 5) is 4.18. The normalized spacial score (nSPS) is 11.1. The molecule has 114 valence electrons. The van der Waals surface area contributed by atoms with E-state index in [1.807, 2.05) is 26.0 Å². The maximum Gasteiger partial charge on any atom is 0.188 e. The lowest BCUT2D eigenvalue weighted by Crippen LogP contribution is -2.33. The maximum atomic E-state index is 5.72. The highest BCUT2D eigenvalue weighted by Gasteiger charge is 1.98. The second-order valence-electron chi connectivity index (χ2n) is 4.75. The van der Waals surface area contributed by atoms with Crippen molar-refractivity contribution in [1.29, 1.82) is 0 Å². The van der Waals surface area contributed by atoms with Crippen molar-refractivity contribution in [2.75, 3.05) is 13.1 Å². The molecule has 0 atom stereocenters. The van der Waals surface area contributed by atoms with Crippen molar-refractivity contribution in [3.05, 3.63) is 29.8 Å². The molecule has 1 aromatic carbocycles. The summed E-state index contributed by atoms with van der Waals surface area (Å²) >= 11 is 0. The van der Waals surface area contributed by atoms with Gasteiger partial charge in [0.25, 0.3) is 0 Å². The minimum absolute atomic E-state index is 0. The first-order valence-electron chi connectivity index (χ1n) is 6.91. The van der Waals surface area contributed by atoms with Crippen LogP contribution in [-0.4, -0.2) is 25.2 Å². The third kappa shape index (κ3) is 8.24. The van der Waals surface area contributed by atoms with Crippen LogP contribution in [0.25, 0.3) is 0 Å². The Hall–Kier alpha value is -0.980. The molecule has 5 heteroatoms. The van der Waals surface area contributed by atoms with Crippen LogP contribution in [0.4, 0.5) is 0 Å². The monoisotopic (exact) mass is 391 g/mol. The standard InChI is InChI=1S/C15H25N3O.HI/c1-4-10-17-15(16)18-11-9-13-5-7-14(8-6-13)19-12(2)3;/h5-8,12H,4,9-11H2,1-3H3,(H3,16,17,18);1H. The van der Waals surface area contributed by atoms with E-state index in [4.69, 9.17) is 10.5 Å². The molecule has 4 nitrogen and oxygen atoms in total. The largest absolute Gasteiger partial charge is 0.491 e. The van der Waals surface area contributed by atoms with Crippen LogP contribution in [0.5, 0.6) is 5.75 Å². The van der Waals surface area contributed by atoms with Crippen molar-refractivity contribution in [1.82, 2.24) is 5.32 Å². The van der Waals surface area contributed by atoms with E-state index < -0.39 is 0 Å².